The number of rotatable bonds is 2. The minimum absolute atomic E-state index is 0.0201. The Bertz CT molecular complexity index is 555. The van der Waals surface area contributed by atoms with Crippen LogP contribution in [-0.2, 0) is 6.18 Å². The molecule has 0 aliphatic rings. The van der Waals surface area contributed by atoms with Crippen LogP contribution in [0.25, 0.3) is 0 Å². The van der Waals surface area contributed by atoms with Gasteiger partial charge in [-0.25, -0.2) is 0 Å². The smallest absolute Gasteiger partial charge is 0.419 e. The molecule has 2 aromatic rings. The average molecular weight is 254 g/mol. The second-order valence-electron chi connectivity index (χ2n) is 3.50. The van der Waals surface area contributed by atoms with Crippen molar-refractivity contribution >= 4 is 5.82 Å². The Balaban J connectivity index is 2.35. The number of nitrogens with two attached hydrogens (primary N) is 1. The Kier molecular flexibility index (Phi) is 3.10. The van der Waals surface area contributed by atoms with E-state index >= 15 is 0 Å². The standard InChI is InChI=1S/C12H9F3N2O/c13-12(14,15)8-4-1-2-5-9(8)18-11-7-3-6-10(16)17-11/h1-7H,(H2,16,17). The number of aromatic nitrogens is 1. The van der Waals surface area contributed by atoms with E-state index < -0.39 is 11.7 Å². The maximum absolute atomic E-state index is 12.7. The van der Waals surface area contributed by atoms with Crippen LogP contribution in [0.1, 0.15) is 5.56 Å². The summed E-state index contributed by atoms with van der Waals surface area (Å²) in [6.45, 7) is 0. The SMILES string of the molecule is Nc1cccc(Oc2ccccc2C(F)(F)F)n1. The molecule has 94 valence electrons. The zero-order chi connectivity index (χ0) is 13.2. The number of anilines is 1. The third-order valence-corrected chi connectivity index (χ3v) is 2.15. The van der Waals surface area contributed by atoms with E-state index in [0.29, 0.717) is 0 Å². The summed E-state index contributed by atoms with van der Waals surface area (Å²) in [7, 11) is 0. The molecular formula is C12H9F3N2O. The lowest BCUT2D eigenvalue weighted by Gasteiger charge is -2.12. The number of nitrogen functional groups attached to an aromatic ring is 1. The van der Waals surface area contributed by atoms with E-state index in [2.05, 4.69) is 4.98 Å². The quantitative estimate of drug-likeness (QED) is 0.892. The van der Waals surface area contributed by atoms with Crippen molar-refractivity contribution in [2.24, 2.45) is 0 Å². The Morgan fingerprint density at radius 2 is 1.72 bits per heavy atom. The lowest BCUT2D eigenvalue weighted by atomic mass is 10.2. The molecule has 3 nitrogen and oxygen atoms in total. The van der Waals surface area contributed by atoms with Gasteiger partial charge >= 0.3 is 6.18 Å². The van der Waals surface area contributed by atoms with Crippen LogP contribution in [-0.4, -0.2) is 4.98 Å². The van der Waals surface area contributed by atoms with E-state index in [1.165, 1.54) is 30.3 Å². The normalized spacial score (nSPS) is 11.3. The largest absolute Gasteiger partial charge is 0.438 e. The van der Waals surface area contributed by atoms with Crippen molar-refractivity contribution in [3.63, 3.8) is 0 Å². The van der Waals surface area contributed by atoms with Gasteiger partial charge in [0.2, 0.25) is 5.88 Å². The molecule has 0 radical (unpaired) electrons. The van der Waals surface area contributed by atoms with Crippen LogP contribution in [0.2, 0.25) is 0 Å². The molecule has 0 spiro atoms. The fourth-order valence-corrected chi connectivity index (χ4v) is 1.39. The van der Waals surface area contributed by atoms with Gasteiger partial charge in [0.25, 0.3) is 0 Å². The number of para-hydroxylation sites is 1. The molecule has 0 amide bonds. The summed E-state index contributed by atoms with van der Waals surface area (Å²) in [4.78, 5) is 3.78. The summed E-state index contributed by atoms with van der Waals surface area (Å²) in [5.41, 5.74) is 4.57. The molecule has 6 heteroatoms. The molecule has 0 atom stereocenters. The molecule has 1 aromatic heterocycles. The molecule has 18 heavy (non-hydrogen) atoms. The molecule has 1 aromatic carbocycles. The van der Waals surface area contributed by atoms with Crippen LogP contribution in [0.4, 0.5) is 19.0 Å². The number of hydrogen-bond donors (Lipinski definition) is 1. The van der Waals surface area contributed by atoms with Crippen molar-refractivity contribution in [3.05, 3.63) is 48.0 Å². The zero-order valence-corrected chi connectivity index (χ0v) is 9.11. The molecule has 0 saturated carbocycles. The first-order valence-corrected chi connectivity index (χ1v) is 5.03. The molecular weight excluding hydrogens is 245 g/mol. The molecule has 2 rings (SSSR count). The van der Waals surface area contributed by atoms with Crippen LogP contribution in [0.3, 0.4) is 0 Å². The number of halogens is 3. The summed E-state index contributed by atoms with van der Waals surface area (Å²) in [6, 6.07) is 9.43. The first kappa shape index (κ1) is 12.2. The van der Waals surface area contributed by atoms with Crippen LogP contribution in [0.15, 0.2) is 42.5 Å². The number of alkyl halides is 3. The highest BCUT2D eigenvalue weighted by atomic mass is 19.4. The van der Waals surface area contributed by atoms with Crippen molar-refractivity contribution in [2.75, 3.05) is 5.73 Å². The highest BCUT2D eigenvalue weighted by Gasteiger charge is 2.34. The second kappa shape index (κ2) is 4.56. The van der Waals surface area contributed by atoms with E-state index in [0.717, 1.165) is 6.07 Å². The maximum atomic E-state index is 12.7. The first-order valence-electron chi connectivity index (χ1n) is 5.03. The topological polar surface area (TPSA) is 48.1 Å². The lowest BCUT2D eigenvalue weighted by molar-refractivity contribution is -0.138. The van der Waals surface area contributed by atoms with E-state index in [-0.39, 0.29) is 17.4 Å². The summed E-state index contributed by atoms with van der Waals surface area (Å²) in [5.74, 6) is -0.105. The third-order valence-electron chi connectivity index (χ3n) is 2.15. The zero-order valence-electron chi connectivity index (χ0n) is 9.11. The minimum Gasteiger partial charge on any atom is -0.438 e. The van der Waals surface area contributed by atoms with Crippen molar-refractivity contribution in [1.29, 1.82) is 0 Å². The number of ether oxygens (including phenoxy) is 1. The van der Waals surface area contributed by atoms with Gasteiger partial charge in [-0.3, -0.25) is 0 Å². The second-order valence-corrected chi connectivity index (χ2v) is 3.50. The monoisotopic (exact) mass is 254 g/mol. The number of benzene rings is 1. The minimum atomic E-state index is -4.48. The Labute approximate surface area is 101 Å². The highest BCUT2D eigenvalue weighted by Crippen LogP contribution is 2.37. The summed E-state index contributed by atoms with van der Waals surface area (Å²) >= 11 is 0. The summed E-state index contributed by atoms with van der Waals surface area (Å²) in [5, 5.41) is 0. The van der Waals surface area contributed by atoms with E-state index in [9.17, 15) is 13.2 Å². The maximum Gasteiger partial charge on any atom is 0.419 e. The number of nitrogens with zero attached hydrogens (tertiary/aromatic N) is 1. The van der Waals surface area contributed by atoms with Gasteiger partial charge in [0, 0.05) is 6.07 Å². The Morgan fingerprint density at radius 3 is 2.39 bits per heavy atom. The lowest BCUT2D eigenvalue weighted by Crippen LogP contribution is -2.07. The van der Waals surface area contributed by atoms with Crippen LogP contribution in [0, 0.1) is 0 Å². The van der Waals surface area contributed by atoms with Gasteiger partial charge in [-0.05, 0) is 18.2 Å². The number of pyridine rings is 1. The van der Waals surface area contributed by atoms with Crippen molar-refractivity contribution in [2.45, 2.75) is 6.18 Å². The molecule has 0 aliphatic heterocycles. The molecule has 0 aliphatic carbocycles. The predicted molar refractivity (Wildman–Crippen MR) is 60.2 cm³/mol. The van der Waals surface area contributed by atoms with Gasteiger partial charge in [-0.15, -0.1) is 0 Å². The van der Waals surface area contributed by atoms with Gasteiger partial charge in [0.05, 0.1) is 5.56 Å². The fraction of sp³-hybridized carbons (Fsp3) is 0.0833. The van der Waals surface area contributed by atoms with Gasteiger partial charge in [-0.1, -0.05) is 18.2 Å². The third kappa shape index (κ3) is 2.71. The van der Waals surface area contributed by atoms with Crippen LogP contribution < -0.4 is 10.5 Å². The Hall–Kier alpha value is -2.24. The summed E-state index contributed by atoms with van der Waals surface area (Å²) in [6.07, 6.45) is -4.48. The molecule has 0 saturated heterocycles. The van der Waals surface area contributed by atoms with Gasteiger partial charge in [0.1, 0.15) is 11.6 Å². The predicted octanol–water partition coefficient (Wildman–Crippen LogP) is 3.47. The number of hydrogen-bond acceptors (Lipinski definition) is 3. The van der Waals surface area contributed by atoms with Gasteiger partial charge in [-0.2, -0.15) is 18.2 Å². The van der Waals surface area contributed by atoms with Crippen molar-refractivity contribution < 1.29 is 17.9 Å². The van der Waals surface area contributed by atoms with Gasteiger partial charge in [0.15, 0.2) is 0 Å². The molecule has 1 heterocycles. The first-order chi connectivity index (χ1) is 8.47. The van der Waals surface area contributed by atoms with E-state index in [1.807, 2.05) is 0 Å². The summed E-state index contributed by atoms with van der Waals surface area (Å²) < 4.78 is 43.2. The molecule has 0 bridgehead atoms. The van der Waals surface area contributed by atoms with Crippen molar-refractivity contribution in [1.82, 2.24) is 4.98 Å². The van der Waals surface area contributed by atoms with Crippen LogP contribution >= 0.6 is 0 Å². The van der Waals surface area contributed by atoms with Crippen molar-refractivity contribution in [3.8, 4) is 11.6 Å². The highest BCUT2D eigenvalue weighted by molar-refractivity contribution is 5.39. The molecule has 2 N–H and O–H groups in total. The molecule has 0 unspecified atom stereocenters. The van der Waals surface area contributed by atoms with Gasteiger partial charge < -0.3 is 10.5 Å². The average Bonchev–Trinajstić information content (AvgIpc) is 2.28. The van der Waals surface area contributed by atoms with E-state index in [1.54, 1.807) is 6.07 Å². The molecule has 0 fully saturated rings. The Morgan fingerprint density at radius 1 is 1.00 bits per heavy atom. The van der Waals surface area contributed by atoms with E-state index in [4.69, 9.17) is 10.5 Å². The van der Waals surface area contributed by atoms with Crippen LogP contribution in [0.5, 0.6) is 11.6 Å². The fourth-order valence-electron chi connectivity index (χ4n) is 1.39.